The molecule has 0 aliphatic carbocycles. The number of aldehydes is 1. The van der Waals surface area contributed by atoms with Gasteiger partial charge in [0.2, 0.25) is 5.91 Å². The number of hydrogen-bond acceptors (Lipinski definition) is 3. The van der Waals surface area contributed by atoms with Gasteiger partial charge in [-0.2, -0.15) is 0 Å². The van der Waals surface area contributed by atoms with Crippen molar-refractivity contribution in [2.24, 2.45) is 0 Å². The molecule has 88 valence electrons. The van der Waals surface area contributed by atoms with Crippen LogP contribution < -0.4 is 4.90 Å². The Balaban J connectivity index is 2.34. The zero-order valence-electron chi connectivity index (χ0n) is 9.39. The summed E-state index contributed by atoms with van der Waals surface area (Å²) >= 11 is 1.49. The zero-order chi connectivity index (χ0) is 12.3. The van der Waals surface area contributed by atoms with Crippen molar-refractivity contribution in [2.45, 2.75) is 11.3 Å². The van der Waals surface area contributed by atoms with Gasteiger partial charge in [-0.3, -0.25) is 9.59 Å². The van der Waals surface area contributed by atoms with Crippen LogP contribution in [0.15, 0.2) is 35.7 Å². The average molecular weight is 247 g/mol. The van der Waals surface area contributed by atoms with Crippen LogP contribution in [0, 0.1) is 0 Å². The van der Waals surface area contributed by atoms with Crippen LogP contribution >= 0.6 is 11.8 Å². The van der Waals surface area contributed by atoms with E-state index in [0.717, 1.165) is 23.3 Å². The number of nitrogens with zero attached hydrogens (tertiary/aromatic N) is 1. The Labute approximate surface area is 104 Å². The Bertz CT molecular complexity index is 470. The molecule has 0 saturated heterocycles. The number of amides is 1. The summed E-state index contributed by atoms with van der Waals surface area (Å²) in [5.74, 6) is 0.551. The molecule has 1 aromatic carbocycles. The number of benzene rings is 1. The largest absolute Gasteiger partial charge is 0.310 e. The van der Waals surface area contributed by atoms with Gasteiger partial charge in [0, 0.05) is 17.0 Å². The van der Waals surface area contributed by atoms with Crippen LogP contribution in [-0.2, 0) is 4.79 Å². The maximum Gasteiger partial charge on any atom is 0.237 e. The fraction of sp³-hybridized carbons (Fsp3) is 0.231. The van der Waals surface area contributed by atoms with Crippen LogP contribution in [0.2, 0.25) is 0 Å². The first-order chi connectivity index (χ1) is 8.26. The Hall–Kier alpha value is -1.55. The van der Waals surface area contributed by atoms with E-state index in [1.807, 2.05) is 12.1 Å². The van der Waals surface area contributed by atoms with Crippen LogP contribution in [0.5, 0.6) is 0 Å². The summed E-state index contributed by atoms with van der Waals surface area (Å²) in [5.41, 5.74) is 1.55. The highest BCUT2D eigenvalue weighted by atomic mass is 32.2. The zero-order valence-corrected chi connectivity index (χ0v) is 10.2. The summed E-state index contributed by atoms with van der Waals surface area (Å²) in [6, 6.07) is 5.42. The monoisotopic (exact) mass is 247 g/mol. The van der Waals surface area contributed by atoms with Gasteiger partial charge in [0.15, 0.2) is 0 Å². The van der Waals surface area contributed by atoms with Gasteiger partial charge in [-0.05, 0) is 24.6 Å². The molecule has 1 amide bonds. The summed E-state index contributed by atoms with van der Waals surface area (Å²) in [6.45, 7) is 4.31. The topological polar surface area (TPSA) is 37.4 Å². The van der Waals surface area contributed by atoms with Crippen molar-refractivity contribution in [2.75, 3.05) is 17.2 Å². The van der Waals surface area contributed by atoms with Gasteiger partial charge in [0.1, 0.15) is 6.29 Å². The molecule has 4 heteroatoms. The summed E-state index contributed by atoms with van der Waals surface area (Å²) in [7, 11) is 0. The van der Waals surface area contributed by atoms with Crippen molar-refractivity contribution < 1.29 is 9.59 Å². The van der Waals surface area contributed by atoms with Gasteiger partial charge < -0.3 is 4.90 Å². The lowest BCUT2D eigenvalue weighted by Gasteiger charge is -2.28. The Kier molecular flexibility index (Phi) is 3.64. The lowest BCUT2D eigenvalue weighted by Crippen LogP contribution is -2.36. The van der Waals surface area contributed by atoms with E-state index in [-0.39, 0.29) is 5.91 Å². The summed E-state index contributed by atoms with van der Waals surface area (Å²) in [5, 5.41) is 0. The average Bonchev–Trinajstić information content (AvgIpc) is 2.37. The summed E-state index contributed by atoms with van der Waals surface area (Å²) < 4.78 is 0. The first-order valence-corrected chi connectivity index (χ1v) is 6.38. The minimum Gasteiger partial charge on any atom is -0.310 e. The molecule has 0 fully saturated rings. The van der Waals surface area contributed by atoms with Crippen molar-refractivity contribution in [3.05, 3.63) is 36.4 Å². The summed E-state index contributed by atoms with van der Waals surface area (Å²) in [4.78, 5) is 25.3. The first-order valence-electron chi connectivity index (χ1n) is 5.39. The second-order valence-corrected chi connectivity index (χ2v) is 4.77. The molecule has 0 aromatic heterocycles. The van der Waals surface area contributed by atoms with E-state index in [2.05, 4.69) is 6.58 Å². The molecule has 1 aromatic rings. The maximum absolute atomic E-state index is 11.8. The van der Waals surface area contributed by atoms with Gasteiger partial charge in [-0.1, -0.05) is 6.08 Å². The first kappa shape index (κ1) is 11.9. The highest BCUT2D eigenvalue weighted by Gasteiger charge is 2.23. The number of fused-ring (bicyclic) bond motifs is 1. The minimum absolute atomic E-state index is 0.114. The molecule has 1 aliphatic rings. The fourth-order valence-electron chi connectivity index (χ4n) is 1.76. The molecule has 0 bridgehead atoms. The Morgan fingerprint density at radius 3 is 3.00 bits per heavy atom. The second-order valence-electron chi connectivity index (χ2n) is 3.76. The lowest BCUT2D eigenvalue weighted by atomic mass is 10.2. The van der Waals surface area contributed by atoms with Gasteiger partial charge in [0.05, 0.1) is 11.4 Å². The van der Waals surface area contributed by atoms with Crippen LogP contribution in [0.4, 0.5) is 5.69 Å². The highest BCUT2D eigenvalue weighted by Crippen LogP contribution is 2.35. The van der Waals surface area contributed by atoms with Crippen LogP contribution in [0.1, 0.15) is 16.8 Å². The third-order valence-corrected chi connectivity index (χ3v) is 3.65. The van der Waals surface area contributed by atoms with Gasteiger partial charge in [-0.25, -0.2) is 0 Å². The summed E-state index contributed by atoms with van der Waals surface area (Å²) in [6.07, 6.45) is 3.39. The van der Waals surface area contributed by atoms with Crippen LogP contribution in [0.25, 0.3) is 0 Å². The SMILES string of the molecule is C=CCCN1C(=O)CSc2cc(C=O)ccc21. The van der Waals surface area contributed by atoms with E-state index in [1.165, 1.54) is 11.8 Å². The third-order valence-electron chi connectivity index (χ3n) is 2.62. The van der Waals surface area contributed by atoms with Gasteiger partial charge in [0.25, 0.3) is 0 Å². The second kappa shape index (κ2) is 5.19. The molecule has 0 spiro atoms. The van der Waals surface area contributed by atoms with E-state index in [9.17, 15) is 9.59 Å². The van der Waals surface area contributed by atoms with Crippen molar-refractivity contribution >= 4 is 29.6 Å². The molecule has 0 saturated carbocycles. The maximum atomic E-state index is 11.8. The minimum atomic E-state index is 0.114. The lowest BCUT2D eigenvalue weighted by molar-refractivity contribution is -0.116. The normalized spacial score (nSPS) is 14.4. The molecule has 2 rings (SSSR count). The Morgan fingerprint density at radius 1 is 1.47 bits per heavy atom. The number of carbonyl (C=O) groups excluding carboxylic acids is 2. The van der Waals surface area contributed by atoms with Gasteiger partial charge in [-0.15, -0.1) is 18.3 Å². The number of hydrogen-bond donors (Lipinski definition) is 0. The Morgan fingerprint density at radius 2 is 2.29 bits per heavy atom. The fourth-order valence-corrected chi connectivity index (χ4v) is 2.74. The van der Waals surface area contributed by atoms with Crippen molar-refractivity contribution in [1.82, 2.24) is 0 Å². The molecule has 0 unspecified atom stereocenters. The molecular weight excluding hydrogens is 234 g/mol. The predicted molar refractivity (Wildman–Crippen MR) is 69.7 cm³/mol. The molecule has 0 N–H and O–H groups in total. The number of thioether (sulfide) groups is 1. The molecule has 17 heavy (non-hydrogen) atoms. The van der Waals surface area contributed by atoms with Crippen molar-refractivity contribution in [3.63, 3.8) is 0 Å². The molecular formula is C13H13NO2S. The third kappa shape index (κ3) is 2.42. The molecule has 1 aliphatic heterocycles. The molecule has 3 nitrogen and oxygen atoms in total. The van der Waals surface area contributed by atoms with E-state index in [4.69, 9.17) is 0 Å². The number of anilines is 1. The van der Waals surface area contributed by atoms with E-state index < -0.39 is 0 Å². The van der Waals surface area contributed by atoms with Crippen LogP contribution in [-0.4, -0.2) is 24.5 Å². The van der Waals surface area contributed by atoms with E-state index in [0.29, 0.717) is 17.9 Å². The molecule has 0 radical (unpaired) electrons. The molecule has 0 atom stereocenters. The van der Waals surface area contributed by atoms with Crippen molar-refractivity contribution in [1.29, 1.82) is 0 Å². The quantitative estimate of drug-likeness (QED) is 0.606. The number of rotatable bonds is 4. The van der Waals surface area contributed by atoms with E-state index in [1.54, 1.807) is 17.0 Å². The van der Waals surface area contributed by atoms with Crippen LogP contribution in [0.3, 0.4) is 0 Å². The highest BCUT2D eigenvalue weighted by molar-refractivity contribution is 8.00. The molecule has 1 heterocycles. The smallest absolute Gasteiger partial charge is 0.237 e. The van der Waals surface area contributed by atoms with E-state index >= 15 is 0 Å². The predicted octanol–water partition coefficient (Wildman–Crippen LogP) is 2.51. The van der Waals surface area contributed by atoms with Gasteiger partial charge >= 0.3 is 0 Å². The standard InChI is InChI=1S/C13H13NO2S/c1-2-3-6-14-11-5-4-10(8-15)7-12(11)17-9-13(14)16/h2,4-5,7-8H,1,3,6,9H2. The number of carbonyl (C=O) groups is 2. The van der Waals surface area contributed by atoms with Crippen molar-refractivity contribution in [3.8, 4) is 0 Å².